The van der Waals surface area contributed by atoms with Crippen molar-refractivity contribution in [3.63, 3.8) is 0 Å². The van der Waals surface area contributed by atoms with Crippen molar-refractivity contribution in [3.05, 3.63) is 17.5 Å². The summed E-state index contributed by atoms with van der Waals surface area (Å²) in [5, 5.41) is 7.12. The van der Waals surface area contributed by atoms with Crippen LogP contribution in [-0.2, 0) is 12.7 Å². The van der Waals surface area contributed by atoms with Gasteiger partial charge in [-0.05, 0) is 25.8 Å². The van der Waals surface area contributed by atoms with E-state index in [-0.39, 0.29) is 18.2 Å². The summed E-state index contributed by atoms with van der Waals surface area (Å²) in [6, 6.07) is -0.107. The van der Waals surface area contributed by atoms with Crippen LogP contribution in [0.3, 0.4) is 0 Å². The van der Waals surface area contributed by atoms with Gasteiger partial charge in [-0.25, -0.2) is 0 Å². The summed E-state index contributed by atoms with van der Waals surface area (Å²) in [6.07, 6.45) is 3.75. The molecule has 3 nitrogen and oxygen atoms in total. The zero-order chi connectivity index (χ0) is 15.3. The van der Waals surface area contributed by atoms with Gasteiger partial charge in [0.1, 0.15) is 5.69 Å². The number of halogens is 3. The molecule has 120 valence electrons. The van der Waals surface area contributed by atoms with Crippen LogP contribution in [0.25, 0.3) is 0 Å². The van der Waals surface area contributed by atoms with Crippen LogP contribution in [0, 0.1) is 0 Å². The largest absolute Gasteiger partial charge is 0.433 e. The quantitative estimate of drug-likeness (QED) is 0.649. The molecule has 0 bridgehead atoms. The van der Waals surface area contributed by atoms with E-state index in [9.17, 15) is 13.2 Å². The van der Waals surface area contributed by atoms with Gasteiger partial charge in [-0.2, -0.15) is 18.3 Å². The zero-order valence-corrected chi connectivity index (χ0v) is 12.5. The Labute approximate surface area is 123 Å². The molecule has 0 amide bonds. The van der Waals surface area contributed by atoms with Gasteiger partial charge in [0.15, 0.2) is 0 Å². The molecular formula is C15H24F3N3. The number of alkyl halides is 3. The van der Waals surface area contributed by atoms with Crippen LogP contribution in [0.4, 0.5) is 13.2 Å². The summed E-state index contributed by atoms with van der Waals surface area (Å²) in [4.78, 5) is 0. The first-order valence-electron chi connectivity index (χ1n) is 7.88. The van der Waals surface area contributed by atoms with Gasteiger partial charge in [0, 0.05) is 12.1 Å². The molecule has 1 N–H and O–H groups in total. The lowest BCUT2D eigenvalue weighted by Gasteiger charge is -2.20. The number of hydrogen-bond acceptors (Lipinski definition) is 2. The summed E-state index contributed by atoms with van der Waals surface area (Å²) in [5.41, 5.74) is -0.293. The lowest BCUT2D eigenvalue weighted by molar-refractivity contribution is -0.145. The Hall–Kier alpha value is -1.04. The van der Waals surface area contributed by atoms with E-state index in [1.165, 1.54) is 10.9 Å². The highest BCUT2D eigenvalue weighted by atomic mass is 19.4. The lowest BCUT2D eigenvalue weighted by atomic mass is 10.1. The maximum atomic E-state index is 13.4. The number of nitrogens with one attached hydrogen (secondary N) is 1. The van der Waals surface area contributed by atoms with Gasteiger partial charge in [-0.1, -0.05) is 32.6 Å². The van der Waals surface area contributed by atoms with Crippen molar-refractivity contribution in [2.75, 3.05) is 6.54 Å². The number of nitrogens with zero attached hydrogens (tertiary/aromatic N) is 2. The van der Waals surface area contributed by atoms with Crippen molar-refractivity contribution in [2.45, 2.75) is 70.6 Å². The van der Waals surface area contributed by atoms with E-state index in [1.54, 1.807) is 0 Å². The van der Waals surface area contributed by atoms with E-state index in [4.69, 9.17) is 0 Å². The first-order valence-corrected chi connectivity index (χ1v) is 7.88. The molecular weight excluding hydrogens is 279 g/mol. The molecule has 1 aromatic rings. The number of rotatable bonds is 5. The maximum Gasteiger partial charge on any atom is 0.433 e. The molecule has 0 unspecified atom stereocenters. The fourth-order valence-corrected chi connectivity index (χ4v) is 3.02. The fraction of sp³-hybridized carbons (Fsp3) is 0.800. The molecule has 1 aliphatic carbocycles. The summed E-state index contributed by atoms with van der Waals surface area (Å²) in [7, 11) is 0. The molecule has 1 aliphatic rings. The SMILES string of the molecule is CCCNCc1cnn(C2CCCCCC2)c1C(F)(F)F. The summed E-state index contributed by atoms with van der Waals surface area (Å²) >= 11 is 0. The van der Waals surface area contributed by atoms with E-state index >= 15 is 0 Å². The van der Waals surface area contributed by atoms with Crippen molar-refractivity contribution in [1.82, 2.24) is 15.1 Å². The minimum absolute atomic E-state index is 0.107. The second kappa shape index (κ2) is 7.29. The van der Waals surface area contributed by atoms with Crippen molar-refractivity contribution < 1.29 is 13.2 Å². The molecule has 0 atom stereocenters. The van der Waals surface area contributed by atoms with Crippen LogP contribution < -0.4 is 5.32 Å². The lowest BCUT2D eigenvalue weighted by Crippen LogP contribution is -2.23. The monoisotopic (exact) mass is 303 g/mol. The van der Waals surface area contributed by atoms with Crippen LogP contribution in [0.15, 0.2) is 6.20 Å². The predicted molar refractivity (Wildman–Crippen MR) is 76.0 cm³/mol. The minimum Gasteiger partial charge on any atom is -0.313 e. The summed E-state index contributed by atoms with van der Waals surface area (Å²) in [5.74, 6) is 0. The Balaban J connectivity index is 2.23. The van der Waals surface area contributed by atoms with E-state index in [0.717, 1.165) is 44.9 Å². The highest BCUT2D eigenvalue weighted by molar-refractivity contribution is 5.21. The van der Waals surface area contributed by atoms with Gasteiger partial charge >= 0.3 is 6.18 Å². The second-order valence-corrected chi connectivity index (χ2v) is 5.78. The van der Waals surface area contributed by atoms with Gasteiger partial charge in [0.2, 0.25) is 0 Å². The molecule has 0 radical (unpaired) electrons. The molecule has 1 saturated carbocycles. The summed E-state index contributed by atoms with van der Waals surface area (Å²) < 4.78 is 41.5. The van der Waals surface area contributed by atoms with Crippen molar-refractivity contribution in [1.29, 1.82) is 0 Å². The molecule has 0 saturated heterocycles. The van der Waals surface area contributed by atoms with Crippen LogP contribution in [0.2, 0.25) is 0 Å². The maximum absolute atomic E-state index is 13.4. The topological polar surface area (TPSA) is 29.9 Å². The van der Waals surface area contributed by atoms with E-state index in [1.807, 2.05) is 6.92 Å². The van der Waals surface area contributed by atoms with Crippen molar-refractivity contribution >= 4 is 0 Å². The van der Waals surface area contributed by atoms with Crippen molar-refractivity contribution in [2.24, 2.45) is 0 Å². The highest BCUT2D eigenvalue weighted by Crippen LogP contribution is 2.36. The molecule has 2 rings (SSSR count). The van der Waals surface area contributed by atoms with Gasteiger partial charge < -0.3 is 5.32 Å². The Morgan fingerprint density at radius 1 is 1.24 bits per heavy atom. The molecule has 0 aromatic carbocycles. The Morgan fingerprint density at radius 3 is 2.48 bits per heavy atom. The molecule has 0 spiro atoms. The van der Waals surface area contributed by atoms with Crippen molar-refractivity contribution in [3.8, 4) is 0 Å². The predicted octanol–water partition coefficient (Wildman–Crippen LogP) is 4.30. The number of aromatic nitrogens is 2. The van der Waals surface area contributed by atoms with Gasteiger partial charge in [-0.15, -0.1) is 0 Å². The second-order valence-electron chi connectivity index (χ2n) is 5.78. The first kappa shape index (κ1) is 16.3. The number of hydrogen-bond donors (Lipinski definition) is 1. The molecule has 1 aromatic heterocycles. The standard InChI is InChI=1S/C15H24F3N3/c1-2-9-19-10-12-11-20-21(14(12)15(16,17)18)13-7-5-3-4-6-8-13/h11,13,19H,2-10H2,1H3. The Kier molecular flexibility index (Phi) is 5.67. The van der Waals surface area contributed by atoms with Crippen LogP contribution >= 0.6 is 0 Å². The fourth-order valence-electron chi connectivity index (χ4n) is 3.02. The average molecular weight is 303 g/mol. The van der Waals surface area contributed by atoms with Gasteiger partial charge in [-0.3, -0.25) is 4.68 Å². The normalized spacial score (nSPS) is 17.9. The van der Waals surface area contributed by atoms with Gasteiger partial charge in [0.05, 0.1) is 12.2 Å². The first-order chi connectivity index (χ1) is 10.0. The summed E-state index contributed by atoms with van der Waals surface area (Å²) in [6.45, 7) is 2.94. The van der Waals surface area contributed by atoms with Crippen LogP contribution in [0.1, 0.15) is 69.2 Å². The van der Waals surface area contributed by atoms with Crippen LogP contribution in [-0.4, -0.2) is 16.3 Å². The molecule has 1 heterocycles. The average Bonchev–Trinajstić information content (AvgIpc) is 2.67. The van der Waals surface area contributed by atoms with Gasteiger partial charge in [0.25, 0.3) is 0 Å². The van der Waals surface area contributed by atoms with E-state index in [2.05, 4.69) is 10.4 Å². The molecule has 1 fully saturated rings. The Bertz CT molecular complexity index is 432. The zero-order valence-electron chi connectivity index (χ0n) is 12.5. The molecule has 21 heavy (non-hydrogen) atoms. The Morgan fingerprint density at radius 2 is 1.90 bits per heavy atom. The molecule has 6 heteroatoms. The van der Waals surface area contributed by atoms with E-state index < -0.39 is 11.9 Å². The van der Waals surface area contributed by atoms with E-state index in [0.29, 0.717) is 6.54 Å². The highest BCUT2D eigenvalue weighted by Gasteiger charge is 2.39. The third-order valence-electron chi connectivity index (χ3n) is 4.05. The van der Waals surface area contributed by atoms with Crippen LogP contribution in [0.5, 0.6) is 0 Å². The minimum atomic E-state index is -4.34. The smallest absolute Gasteiger partial charge is 0.313 e. The third-order valence-corrected chi connectivity index (χ3v) is 4.05. The molecule has 0 aliphatic heterocycles. The third kappa shape index (κ3) is 4.22.